The molecule has 0 aromatic carbocycles. The van der Waals surface area contributed by atoms with Crippen LogP contribution in [0.5, 0.6) is 5.88 Å². The molecule has 0 aliphatic carbocycles. The minimum absolute atomic E-state index is 0.0310. The summed E-state index contributed by atoms with van der Waals surface area (Å²) in [6, 6.07) is 0.798. The number of nitrogens with zero attached hydrogens (tertiary/aromatic N) is 2. The molecule has 0 atom stereocenters. The zero-order valence-electron chi connectivity index (χ0n) is 14.1. The van der Waals surface area contributed by atoms with Gasteiger partial charge in [0.1, 0.15) is 11.6 Å². The fourth-order valence-corrected chi connectivity index (χ4v) is 2.52. The lowest BCUT2D eigenvalue weighted by molar-refractivity contribution is -0.137. The molecule has 10 heteroatoms. The van der Waals surface area contributed by atoms with Crippen molar-refractivity contribution in [2.45, 2.75) is 19.0 Å². The van der Waals surface area contributed by atoms with E-state index >= 15 is 0 Å². The lowest BCUT2D eigenvalue weighted by Crippen LogP contribution is -2.39. The number of nitrogens with one attached hydrogen (secondary N) is 2. The van der Waals surface area contributed by atoms with Gasteiger partial charge in [-0.25, -0.2) is 4.98 Å². The second kappa shape index (κ2) is 11.3. The quantitative estimate of drug-likeness (QED) is 0.379. The van der Waals surface area contributed by atoms with Crippen molar-refractivity contribution in [3.63, 3.8) is 0 Å². The van der Waals surface area contributed by atoms with E-state index < -0.39 is 11.7 Å². The van der Waals surface area contributed by atoms with Crippen LogP contribution >= 0.6 is 23.4 Å². The van der Waals surface area contributed by atoms with Crippen LogP contribution in [0.15, 0.2) is 17.3 Å². The number of alkyl halides is 3. The number of hydrogen-bond acceptors (Lipinski definition) is 4. The number of aromatic nitrogens is 1. The Kier molecular flexibility index (Phi) is 9.81. The lowest BCUT2D eigenvalue weighted by Gasteiger charge is -2.13. The topological polar surface area (TPSA) is 58.5 Å². The summed E-state index contributed by atoms with van der Waals surface area (Å²) in [7, 11) is 1.66. The van der Waals surface area contributed by atoms with Crippen LogP contribution in [-0.2, 0) is 6.18 Å². The fourth-order valence-electron chi connectivity index (χ4n) is 1.80. The second-order valence-electron chi connectivity index (χ2n) is 4.98. The normalized spacial score (nSPS) is 12.2. The summed E-state index contributed by atoms with van der Waals surface area (Å²) in [5.74, 6) is 1.73. The molecule has 1 heterocycles. The molecule has 0 radical (unpaired) electrons. The predicted molar refractivity (Wildman–Crippen MR) is 96.7 cm³/mol. The molecule has 0 aliphatic heterocycles. The maximum Gasteiger partial charge on any atom is 0.417 e. The van der Waals surface area contributed by atoms with E-state index in [-0.39, 0.29) is 17.5 Å². The number of rotatable bonds is 9. The molecule has 1 rings (SSSR count). The van der Waals surface area contributed by atoms with Crippen molar-refractivity contribution >= 4 is 29.3 Å². The Labute approximate surface area is 154 Å². The first-order valence-corrected chi connectivity index (χ1v) is 9.44. The molecule has 2 N–H and O–H groups in total. The standard InChI is InChI=1S/C15H22ClF3N4OS/c1-20-14(21-5-3-4-8-25-2)22-6-7-24-13-12(16)9-11(10-23-13)15(17,18)19/h9-10H,3-8H2,1-2H3,(H2,20,21,22). The maximum atomic E-state index is 12.5. The monoisotopic (exact) mass is 398 g/mol. The summed E-state index contributed by atoms with van der Waals surface area (Å²) in [6.45, 7) is 1.40. The Morgan fingerprint density at radius 2 is 2.04 bits per heavy atom. The van der Waals surface area contributed by atoms with Gasteiger partial charge in [-0.1, -0.05) is 11.6 Å². The first-order chi connectivity index (χ1) is 11.9. The highest BCUT2D eigenvalue weighted by atomic mass is 35.5. The highest BCUT2D eigenvalue weighted by Gasteiger charge is 2.31. The Morgan fingerprint density at radius 3 is 2.64 bits per heavy atom. The molecule has 0 saturated heterocycles. The van der Waals surface area contributed by atoms with E-state index in [1.54, 1.807) is 7.05 Å². The molecular formula is C15H22ClF3N4OS. The fraction of sp³-hybridized carbons (Fsp3) is 0.600. The van der Waals surface area contributed by atoms with Crippen molar-refractivity contribution in [1.82, 2.24) is 15.6 Å². The predicted octanol–water partition coefficient (Wildman–Crippen LogP) is 3.44. The zero-order valence-corrected chi connectivity index (χ0v) is 15.7. The summed E-state index contributed by atoms with van der Waals surface area (Å²) < 4.78 is 42.9. The van der Waals surface area contributed by atoms with Gasteiger partial charge in [0, 0.05) is 19.8 Å². The number of halogens is 4. The smallest absolute Gasteiger partial charge is 0.417 e. The summed E-state index contributed by atoms with van der Waals surface area (Å²) >= 11 is 7.58. The third-order valence-electron chi connectivity index (χ3n) is 3.06. The summed E-state index contributed by atoms with van der Waals surface area (Å²) in [5, 5.41) is 6.04. The molecule has 25 heavy (non-hydrogen) atoms. The molecule has 0 bridgehead atoms. The second-order valence-corrected chi connectivity index (χ2v) is 6.38. The van der Waals surface area contributed by atoms with Crippen LogP contribution in [-0.4, -0.2) is 49.7 Å². The van der Waals surface area contributed by atoms with Crippen molar-refractivity contribution in [3.05, 3.63) is 22.8 Å². The summed E-state index contributed by atoms with van der Waals surface area (Å²) in [6.07, 6.45) is 0.468. The number of aliphatic imine (C=N–C) groups is 1. The van der Waals surface area contributed by atoms with Crippen molar-refractivity contribution in [2.24, 2.45) is 4.99 Å². The summed E-state index contributed by atoms with van der Waals surface area (Å²) in [5.41, 5.74) is -0.908. The van der Waals surface area contributed by atoms with E-state index in [1.807, 2.05) is 11.8 Å². The minimum atomic E-state index is -4.48. The summed E-state index contributed by atoms with van der Waals surface area (Å²) in [4.78, 5) is 7.68. The number of pyridine rings is 1. The molecule has 0 spiro atoms. The molecule has 1 aromatic heterocycles. The van der Waals surface area contributed by atoms with Gasteiger partial charge < -0.3 is 15.4 Å². The van der Waals surface area contributed by atoms with Crippen molar-refractivity contribution in [3.8, 4) is 5.88 Å². The van der Waals surface area contributed by atoms with Crippen LogP contribution in [0, 0.1) is 0 Å². The molecule has 142 valence electrons. The van der Waals surface area contributed by atoms with Gasteiger partial charge >= 0.3 is 6.18 Å². The minimum Gasteiger partial charge on any atom is -0.475 e. The highest BCUT2D eigenvalue weighted by molar-refractivity contribution is 7.98. The van der Waals surface area contributed by atoms with E-state index in [9.17, 15) is 13.2 Å². The van der Waals surface area contributed by atoms with Crippen LogP contribution in [0.1, 0.15) is 18.4 Å². The lowest BCUT2D eigenvalue weighted by atomic mass is 10.3. The van der Waals surface area contributed by atoms with Crippen molar-refractivity contribution in [2.75, 3.05) is 38.8 Å². The largest absolute Gasteiger partial charge is 0.475 e. The van der Waals surface area contributed by atoms with Gasteiger partial charge in [-0.15, -0.1) is 0 Å². The molecule has 1 aromatic rings. The van der Waals surface area contributed by atoms with Gasteiger partial charge in [-0.3, -0.25) is 4.99 Å². The van der Waals surface area contributed by atoms with Crippen molar-refractivity contribution in [1.29, 1.82) is 0 Å². The van der Waals surface area contributed by atoms with Crippen molar-refractivity contribution < 1.29 is 17.9 Å². The number of unbranched alkanes of at least 4 members (excludes halogenated alkanes) is 1. The number of hydrogen-bond donors (Lipinski definition) is 2. The molecule has 0 amide bonds. The van der Waals surface area contributed by atoms with Gasteiger partial charge in [0.2, 0.25) is 5.88 Å². The van der Waals surface area contributed by atoms with Crippen LogP contribution in [0.2, 0.25) is 5.02 Å². The van der Waals surface area contributed by atoms with E-state index in [4.69, 9.17) is 16.3 Å². The highest BCUT2D eigenvalue weighted by Crippen LogP contribution is 2.32. The maximum absolute atomic E-state index is 12.5. The van der Waals surface area contributed by atoms with E-state index in [1.165, 1.54) is 0 Å². The van der Waals surface area contributed by atoms with Crippen LogP contribution in [0.4, 0.5) is 13.2 Å². The average molecular weight is 399 g/mol. The van der Waals surface area contributed by atoms with Gasteiger partial charge in [0.25, 0.3) is 0 Å². The third kappa shape index (κ3) is 8.53. The van der Waals surface area contributed by atoms with E-state index in [2.05, 4.69) is 26.9 Å². The van der Waals surface area contributed by atoms with Gasteiger partial charge in [-0.2, -0.15) is 24.9 Å². The van der Waals surface area contributed by atoms with Crippen LogP contribution in [0.25, 0.3) is 0 Å². The number of ether oxygens (including phenoxy) is 1. The Hall–Kier alpha value is -1.35. The number of guanidine groups is 1. The van der Waals surface area contributed by atoms with Gasteiger partial charge in [-0.05, 0) is 30.9 Å². The Bertz CT molecular complexity index is 558. The molecule has 0 aliphatic rings. The zero-order chi connectivity index (χ0) is 18.7. The molecule has 0 saturated carbocycles. The van der Waals surface area contributed by atoms with E-state index in [0.717, 1.165) is 31.2 Å². The van der Waals surface area contributed by atoms with Gasteiger partial charge in [0.05, 0.1) is 12.1 Å². The first-order valence-electron chi connectivity index (χ1n) is 7.67. The molecule has 5 nitrogen and oxygen atoms in total. The Morgan fingerprint density at radius 1 is 1.32 bits per heavy atom. The first kappa shape index (κ1) is 21.7. The van der Waals surface area contributed by atoms with Crippen LogP contribution in [0.3, 0.4) is 0 Å². The third-order valence-corrected chi connectivity index (χ3v) is 4.03. The SMILES string of the molecule is CN=C(NCCCCSC)NCCOc1ncc(C(F)(F)F)cc1Cl. The molecular weight excluding hydrogens is 377 g/mol. The Balaban J connectivity index is 2.32. The van der Waals surface area contributed by atoms with Gasteiger partial charge in [0.15, 0.2) is 5.96 Å². The van der Waals surface area contributed by atoms with E-state index in [0.29, 0.717) is 18.7 Å². The molecule has 0 fully saturated rings. The molecule has 0 unspecified atom stereocenters. The average Bonchev–Trinajstić information content (AvgIpc) is 2.56. The van der Waals surface area contributed by atoms with Crippen LogP contribution < -0.4 is 15.4 Å². The number of thioether (sulfide) groups is 1.